The molecule has 112 valence electrons. The van der Waals surface area contributed by atoms with Crippen LogP contribution in [0, 0.1) is 6.92 Å². The first-order chi connectivity index (χ1) is 9.24. The molecule has 0 fully saturated rings. The van der Waals surface area contributed by atoms with Gasteiger partial charge in [-0.25, -0.2) is 13.1 Å². The third kappa shape index (κ3) is 4.90. The van der Waals surface area contributed by atoms with Gasteiger partial charge in [-0.05, 0) is 31.5 Å². The van der Waals surface area contributed by atoms with Gasteiger partial charge in [0.25, 0.3) is 0 Å². The lowest BCUT2D eigenvalue weighted by Crippen LogP contribution is -2.28. The molecule has 0 aromatic heterocycles. The Balaban J connectivity index is 2.72. The van der Waals surface area contributed by atoms with Crippen molar-refractivity contribution in [1.82, 2.24) is 4.72 Å². The second-order valence-corrected chi connectivity index (χ2v) is 7.18. The fraction of sp³-hybridized carbons (Fsp3) is 0.385. The number of sulfonamides is 1. The molecule has 0 spiro atoms. The molecule has 5 nitrogen and oxygen atoms in total. The highest BCUT2D eigenvalue weighted by atomic mass is 79.9. The number of hydrogen-bond acceptors (Lipinski definition) is 4. The van der Waals surface area contributed by atoms with Gasteiger partial charge in [0.2, 0.25) is 10.0 Å². The van der Waals surface area contributed by atoms with Gasteiger partial charge in [-0.1, -0.05) is 28.1 Å². The highest BCUT2D eigenvalue weighted by Crippen LogP contribution is 2.25. The zero-order valence-electron chi connectivity index (χ0n) is 11.6. The normalized spacial score (nSPS) is 11.6. The third-order valence-corrected chi connectivity index (χ3v) is 4.59. The molecule has 0 atom stereocenters. The summed E-state index contributed by atoms with van der Waals surface area (Å²) in [5.41, 5.74) is 7.62. The maximum Gasteiger partial charge on any atom is 0.241 e. The number of anilines is 1. The van der Waals surface area contributed by atoms with E-state index in [1.165, 1.54) is 6.07 Å². The molecule has 0 heterocycles. The Morgan fingerprint density at radius 1 is 1.50 bits per heavy atom. The van der Waals surface area contributed by atoms with Crippen LogP contribution in [0.1, 0.15) is 12.5 Å². The van der Waals surface area contributed by atoms with E-state index in [-0.39, 0.29) is 18.0 Å². The standard InChI is InChI=1S/C13H19BrN2O3S/c1-9(2)8-19-5-4-16-20(17,18)13-7-11(14)6-12(15)10(13)3/h6-7,16H,1,4-5,8,15H2,2-3H3. The van der Waals surface area contributed by atoms with E-state index < -0.39 is 10.0 Å². The van der Waals surface area contributed by atoms with Crippen LogP contribution in [0.15, 0.2) is 33.7 Å². The Kier molecular flexibility index (Phi) is 6.19. The maximum absolute atomic E-state index is 12.2. The number of nitrogens with one attached hydrogen (secondary N) is 1. The monoisotopic (exact) mass is 362 g/mol. The first-order valence-corrected chi connectivity index (χ1v) is 8.29. The summed E-state index contributed by atoms with van der Waals surface area (Å²) >= 11 is 3.24. The van der Waals surface area contributed by atoms with Gasteiger partial charge in [0.15, 0.2) is 0 Å². The van der Waals surface area contributed by atoms with Gasteiger partial charge in [0.05, 0.1) is 18.1 Å². The number of benzene rings is 1. The summed E-state index contributed by atoms with van der Waals surface area (Å²) in [6.45, 7) is 8.12. The van der Waals surface area contributed by atoms with Crippen molar-refractivity contribution in [3.63, 3.8) is 0 Å². The van der Waals surface area contributed by atoms with E-state index in [1.54, 1.807) is 13.0 Å². The number of nitrogen functional groups attached to an aromatic ring is 1. The first kappa shape index (κ1) is 17.2. The fourth-order valence-electron chi connectivity index (χ4n) is 1.53. The van der Waals surface area contributed by atoms with E-state index in [2.05, 4.69) is 27.2 Å². The molecule has 0 aliphatic heterocycles. The summed E-state index contributed by atoms with van der Waals surface area (Å²) in [4.78, 5) is 0.171. The van der Waals surface area contributed by atoms with Gasteiger partial charge in [0.1, 0.15) is 0 Å². The number of nitrogens with two attached hydrogens (primary N) is 1. The van der Waals surface area contributed by atoms with E-state index in [4.69, 9.17) is 10.5 Å². The van der Waals surface area contributed by atoms with Crippen LogP contribution in [0.25, 0.3) is 0 Å². The second-order valence-electron chi connectivity index (χ2n) is 4.53. The van der Waals surface area contributed by atoms with E-state index in [0.29, 0.717) is 22.3 Å². The summed E-state index contributed by atoms with van der Waals surface area (Å²) in [5, 5.41) is 0. The Bertz CT molecular complexity index is 600. The molecule has 1 rings (SSSR count). The molecule has 3 N–H and O–H groups in total. The van der Waals surface area contributed by atoms with Crippen LogP contribution in [0.5, 0.6) is 0 Å². The van der Waals surface area contributed by atoms with Crippen molar-refractivity contribution in [2.24, 2.45) is 0 Å². The molecule has 0 saturated carbocycles. The molecule has 0 bridgehead atoms. The second kappa shape index (κ2) is 7.21. The van der Waals surface area contributed by atoms with Crippen LogP contribution in [0.3, 0.4) is 0 Å². The van der Waals surface area contributed by atoms with E-state index in [0.717, 1.165) is 5.57 Å². The lowest BCUT2D eigenvalue weighted by molar-refractivity contribution is 0.162. The topological polar surface area (TPSA) is 81.4 Å². The van der Waals surface area contributed by atoms with Crippen molar-refractivity contribution >= 4 is 31.6 Å². The molecule has 1 aromatic carbocycles. The number of hydrogen-bond donors (Lipinski definition) is 2. The minimum atomic E-state index is -3.60. The molecule has 0 aliphatic carbocycles. The summed E-state index contributed by atoms with van der Waals surface area (Å²) in [5.74, 6) is 0. The molecule has 0 aliphatic rings. The van der Waals surface area contributed by atoms with E-state index >= 15 is 0 Å². The van der Waals surface area contributed by atoms with Gasteiger partial charge < -0.3 is 10.5 Å². The highest BCUT2D eigenvalue weighted by molar-refractivity contribution is 9.10. The minimum absolute atomic E-state index is 0.171. The van der Waals surface area contributed by atoms with Crippen LogP contribution in [0.2, 0.25) is 0 Å². The van der Waals surface area contributed by atoms with Crippen molar-refractivity contribution in [3.05, 3.63) is 34.3 Å². The van der Waals surface area contributed by atoms with Crippen LogP contribution in [0.4, 0.5) is 5.69 Å². The number of rotatable bonds is 7. The fourth-order valence-corrected chi connectivity index (χ4v) is 3.46. The SMILES string of the molecule is C=C(C)COCCNS(=O)(=O)c1cc(Br)cc(N)c1C. The van der Waals surface area contributed by atoms with Crippen molar-refractivity contribution in [1.29, 1.82) is 0 Å². The lowest BCUT2D eigenvalue weighted by Gasteiger charge is -2.12. The Morgan fingerprint density at radius 3 is 2.75 bits per heavy atom. The first-order valence-electron chi connectivity index (χ1n) is 6.01. The molecule has 0 radical (unpaired) electrons. The van der Waals surface area contributed by atoms with Gasteiger partial charge in [0, 0.05) is 16.7 Å². The zero-order chi connectivity index (χ0) is 15.3. The van der Waals surface area contributed by atoms with Crippen LogP contribution in [-0.4, -0.2) is 28.2 Å². The van der Waals surface area contributed by atoms with Crippen LogP contribution < -0.4 is 10.5 Å². The Hall–Kier alpha value is -0.890. The number of halogens is 1. The molecule has 20 heavy (non-hydrogen) atoms. The summed E-state index contributed by atoms with van der Waals surface area (Å²) < 4.78 is 32.7. The predicted octanol–water partition coefficient (Wildman–Crippen LogP) is 2.21. The molecule has 7 heteroatoms. The maximum atomic E-state index is 12.2. The van der Waals surface area contributed by atoms with Gasteiger partial charge in [-0.15, -0.1) is 0 Å². The predicted molar refractivity (Wildman–Crippen MR) is 84.1 cm³/mol. The van der Waals surface area contributed by atoms with Crippen molar-refractivity contribution in [2.75, 3.05) is 25.5 Å². The van der Waals surface area contributed by atoms with Crippen molar-refractivity contribution in [3.8, 4) is 0 Å². The largest absolute Gasteiger partial charge is 0.398 e. The third-order valence-electron chi connectivity index (χ3n) is 2.54. The average molecular weight is 363 g/mol. The number of ether oxygens (including phenoxy) is 1. The van der Waals surface area contributed by atoms with Gasteiger partial charge in [-0.3, -0.25) is 0 Å². The average Bonchev–Trinajstić information content (AvgIpc) is 2.32. The molecular formula is C13H19BrN2O3S. The quantitative estimate of drug-likeness (QED) is 0.442. The van der Waals surface area contributed by atoms with Gasteiger partial charge in [-0.2, -0.15) is 0 Å². The van der Waals surface area contributed by atoms with E-state index in [9.17, 15) is 8.42 Å². The Labute approximate surface area is 128 Å². The van der Waals surface area contributed by atoms with Crippen molar-refractivity contribution < 1.29 is 13.2 Å². The molecule has 0 unspecified atom stereocenters. The minimum Gasteiger partial charge on any atom is -0.398 e. The summed E-state index contributed by atoms with van der Waals surface area (Å²) in [6, 6.07) is 3.20. The molecular weight excluding hydrogens is 344 g/mol. The van der Waals surface area contributed by atoms with Gasteiger partial charge >= 0.3 is 0 Å². The van der Waals surface area contributed by atoms with Crippen molar-refractivity contribution in [2.45, 2.75) is 18.7 Å². The summed E-state index contributed by atoms with van der Waals surface area (Å²) in [7, 11) is -3.60. The smallest absolute Gasteiger partial charge is 0.241 e. The van der Waals surface area contributed by atoms with Crippen LogP contribution in [-0.2, 0) is 14.8 Å². The van der Waals surface area contributed by atoms with E-state index in [1.807, 2.05) is 6.92 Å². The van der Waals surface area contributed by atoms with Crippen LogP contribution >= 0.6 is 15.9 Å². The molecule has 1 aromatic rings. The Morgan fingerprint density at radius 2 is 2.15 bits per heavy atom. The molecule has 0 amide bonds. The summed E-state index contributed by atoms with van der Waals surface area (Å²) in [6.07, 6.45) is 0. The molecule has 0 saturated heterocycles. The zero-order valence-corrected chi connectivity index (χ0v) is 14.0. The lowest BCUT2D eigenvalue weighted by atomic mass is 10.2. The highest BCUT2D eigenvalue weighted by Gasteiger charge is 2.18.